The zero-order valence-electron chi connectivity index (χ0n) is 14.9. The van der Waals surface area contributed by atoms with E-state index < -0.39 is 0 Å². The summed E-state index contributed by atoms with van der Waals surface area (Å²) in [5.41, 5.74) is 1.03. The quantitative estimate of drug-likeness (QED) is 0.351. The highest BCUT2D eigenvalue weighted by Gasteiger charge is 2.30. The van der Waals surface area contributed by atoms with E-state index in [1.165, 1.54) is 12.8 Å². The van der Waals surface area contributed by atoms with E-state index in [0.717, 1.165) is 30.2 Å². The lowest BCUT2D eigenvalue weighted by Gasteiger charge is -2.37. The molecule has 1 aliphatic carbocycles. The molecular weight excluding hydrogens is 274 g/mol. The van der Waals surface area contributed by atoms with Gasteiger partial charge in [-0.15, -0.1) is 0 Å². The first-order valence-corrected chi connectivity index (χ1v) is 8.37. The van der Waals surface area contributed by atoms with Gasteiger partial charge in [-0.05, 0) is 49.5 Å². The van der Waals surface area contributed by atoms with E-state index in [2.05, 4.69) is 44.6 Å². The molecule has 0 aliphatic heterocycles. The van der Waals surface area contributed by atoms with Gasteiger partial charge in [0, 0.05) is 13.1 Å². The summed E-state index contributed by atoms with van der Waals surface area (Å²) in [6.45, 7) is 12.9. The van der Waals surface area contributed by atoms with Crippen LogP contribution in [0, 0.1) is 11.3 Å². The van der Waals surface area contributed by atoms with Crippen LogP contribution in [0.15, 0.2) is 29.4 Å². The molecule has 0 atom stereocenters. The molecule has 126 valence electrons. The number of aliphatic imine (C=N–C) groups is 1. The summed E-state index contributed by atoms with van der Waals surface area (Å²) >= 11 is 0. The molecule has 1 saturated carbocycles. The van der Waals surface area contributed by atoms with Crippen LogP contribution in [0.5, 0.6) is 0 Å². The Hall–Kier alpha value is -1.29. The molecule has 0 unspecified atom stereocenters. The van der Waals surface area contributed by atoms with Crippen molar-refractivity contribution in [3.8, 4) is 0 Å². The minimum atomic E-state index is 0.370. The third-order valence-electron chi connectivity index (χ3n) is 4.39. The Morgan fingerprint density at radius 1 is 1.32 bits per heavy atom. The van der Waals surface area contributed by atoms with Gasteiger partial charge >= 0.3 is 0 Å². The number of guanidine groups is 1. The van der Waals surface area contributed by atoms with E-state index >= 15 is 0 Å². The van der Waals surface area contributed by atoms with Crippen molar-refractivity contribution in [3.05, 3.63) is 24.4 Å². The van der Waals surface area contributed by atoms with Crippen molar-refractivity contribution in [2.75, 3.05) is 7.05 Å². The Morgan fingerprint density at radius 2 is 1.91 bits per heavy atom. The van der Waals surface area contributed by atoms with Crippen molar-refractivity contribution in [2.24, 2.45) is 16.3 Å². The predicted octanol–water partition coefficient (Wildman–Crippen LogP) is 4.34. The molecule has 22 heavy (non-hydrogen) atoms. The van der Waals surface area contributed by atoms with Crippen molar-refractivity contribution in [2.45, 2.75) is 65.8 Å². The standard InChI is InChI=1S/C18H33N3O/c1-7-8-9-14(2)19-17(21(6)22)20-16-12-10-15(11-13-16)18(3,4)5/h8-9,15-16,22H,2,7,10-13H2,1,3-6H3,(H,19,20)/b9-8-/t15-,16-. The Morgan fingerprint density at radius 3 is 2.36 bits per heavy atom. The smallest absolute Gasteiger partial charge is 0.223 e. The molecule has 0 saturated heterocycles. The molecule has 2 N–H and O–H groups in total. The van der Waals surface area contributed by atoms with Crippen LogP contribution in [0.25, 0.3) is 0 Å². The predicted molar refractivity (Wildman–Crippen MR) is 93.9 cm³/mol. The zero-order valence-corrected chi connectivity index (χ0v) is 14.9. The molecular formula is C18H33N3O. The van der Waals surface area contributed by atoms with Gasteiger partial charge in [0.2, 0.25) is 5.96 Å². The fourth-order valence-electron chi connectivity index (χ4n) is 2.91. The lowest BCUT2D eigenvalue weighted by molar-refractivity contribution is 0.00748. The summed E-state index contributed by atoms with van der Waals surface area (Å²) < 4.78 is 0. The summed E-state index contributed by atoms with van der Waals surface area (Å²) in [4.78, 5) is 4.38. The molecule has 4 heteroatoms. The SMILES string of the molecule is C=C(/C=C\CC)/N=C(/N[C@H]1CC[C@H](C(C)(C)C)CC1)N(C)O. The summed E-state index contributed by atoms with van der Waals surface area (Å²) in [7, 11) is 1.59. The summed E-state index contributed by atoms with van der Waals surface area (Å²) in [5.74, 6) is 1.25. The molecule has 1 fully saturated rings. The third-order valence-corrected chi connectivity index (χ3v) is 4.39. The van der Waals surface area contributed by atoms with Crippen LogP contribution in [-0.4, -0.2) is 29.3 Å². The van der Waals surface area contributed by atoms with Crippen LogP contribution in [-0.2, 0) is 0 Å². The highest BCUT2D eigenvalue weighted by Crippen LogP contribution is 2.37. The largest absolute Gasteiger partial charge is 0.351 e. The monoisotopic (exact) mass is 307 g/mol. The second-order valence-corrected chi connectivity index (χ2v) is 7.32. The molecule has 0 heterocycles. The lowest BCUT2D eigenvalue weighted by Crippen LogP contribution is -2.45. The number of allylic oxidation sites excluding steroid dienone is 2. The van der Waals surface area contributed by atoms with Gasteiger partial charge in [-0.2, -0.15) is 0 Å². The van der Waals surface area contributed by atoms with E-state index in [9.17, 15) is 5.21 Å². The highest BCUT2D eigenvalue weighted by atomic mass is 16.5. The maximum absolute atomic E-state index is 9.77. The molecule has 0 aromatic heterocycles. The second kappa shape index (κ2) is 8.37. The maximum atomic E-state index is 9.77. The molecule has 0 radical (unpaired) electrons. The van der Waals surface area contributed by atoms with Crippen molar-refractivity contribution in [1.29, 1.82) is 0 Å². The highest BCUT2D eigenvalue weighted by molar-refractivity contribution is 5.80. The van der Waals surface area contributed by atoms with E-state index in [1.807, 2.05) is 12.2 Å². The van der Waals surface area contributed by atoms with Crippen LogP contribution in [0.4, 0.5) is 0 Å². The first kappa shape index (κ1) is 18.8. The third kappa shape index (κ3) is 6.22. The van der Waals surface area contributed by atoms with Crippen LogP contribution in [0.2, 0.25) is 0 Å². The fourth-order valence-corrected chi connectivity index (χ4v) is 2.91. The van der Waals surface area contributed by atoms with Gasteiger partial charge in [-0.25, -0.2) is 10.1 Å². The summed E-state index contributed by atoms with van der Waals surface area (Å²) in [6, 6.07) is 0.370. The van der Waals surface area contributed by atoms with Crippen LogP contribution in [0.1, 0.15) is 59.8 Å². The average molecular weight is 307 g/mol. The Bertz CT molecular complexity index is 411. The minimum Gasteiger partial charge on any atom is -0.351 e. The Kier molecular flexibility index (Phi) is 7.14. The molecule has 0 spiro atoms. The number of hydrogen-bond acceptors (Lipinski definition) is 2. The fraction of sp³-hybridized carbons (Fsp3) is 0.722. The van der Waals surface area contributed by atoms with E-state index in [4.69, 9.17) is 0 Å². The molecule has 0 aromatic carbocycles. The number of rotatable bonds is 4. The van der Waals surface area contributed by atoms with Gasteiger partial charge in [-0.1, -0.05) is 40.3 Å². The van der Waals surface area contributed by atoms with Crippen LogP contribution < -0.4 is 5.32 Å². The van der Waals surface area contributed by atoms with E-state index in [0.29, 0.717) is 23.1 Å². The van der Waals surface area contributed by atoms with Crippen LogP contribution in [0.3, 0.4) is 0 Å². The zero-order chi connectivity index (χ0) is 16.8. The first-order valence-electron chi connectivity index (χ1n) is 8.37. The Balaban J connectivity index is 2.61. The summed E-state index contributed by atoms with van der Waals surface area (Å²) in [6.07, 6.45) is 9.51. The van der Waals surface area contributed by atoms with Crippen molar-refractivity contribution >= 4 is 5.96 Å². The van der Waals surface area contributed by atoms with E-state index in [1.54, 1.807) is 7.05 Å². The Labute approximate surface area is 136 Å². The van der Waals surface area contributed by atoms with Gasteiger partial charge in [0.05, 0.1) is 5.70 Å². The summed E-state index contributed by atoms with van der Waals surface area (Å²) in [5, 5.41) is 14.2. The second-order valence-electron chi connectivity index (χ2n) is 7.32. The van der Waals surface area contributed by atoms with Gasteiger partial charge in [0.1, 0.15) is 0 Å². The molecule has 1 rings (SSSR count). The van der Waals surface area contributed by atoms with Gasteiger partial charge in [0.25, 0.3) is 0 Å². The average Bonchev–Trinajstić information content (AvgIpc) is 2.44. The molecule has 4 nitrogen and oxygen atoms in total. The number of hydroxylamine groups is 2. The van der Waals surface area contributed by atoms with Gasteiger partial charge < -0.3 is 5.32 Å². The normalized spacial score (nSPS) is 23.6. The van der Waals surface area contributed by atoms with Crippen molar-refractivity contribution in [1.82, 2.24) is 10.4 Å². The maximum Gasteiger partial charge on any atom is 0.223 e. The van der Waals surface area contributed by atoms with Gasteiger partial charge in [0.15, 0.2) is 0 Å². The molecule has 0 bridgehead atoms. The van der Waals surface area contributed by atoms with Gasteiger partial charge in [-0.3, -0.25) is 5.21 Å². The molecule has 0 aromatic rings. The van der Waals surface area contributed by atoms with Crippen molar-refractivity contribution < 1.29 is 5.21 Å². The molecule has 0 amide bonds. The van der Waals surface area contributed by atoms with E-state index in [-0.39, 0.29) is 0 Å². The number of hydrogen-bond donors (Lipinski definition) is 2. The number of nitrogens with zero attached hydrogens (tertiary/aromatic N) is 2. The van der Waals surface area contributed by atoms with Crippen LogP contribution >= 0.6 is 0 Å². The minimum absolute atomic E-state index is 0.370. The number of nitrogens with one attached hydrogen (secondary N) is 1. The first-order chi connectivity index (χ1) is 10.2. The topological polar surface area (TPSA) is 47.9 Å². The van der Waals surface area contributed by atoms with Crippen molar-refractivity contribution in [3.63, 3.8) is 0 Å². The molecule has 1 aliphatic rings. The lowest BCUT2D eigenvalue weighted by atomic mass is 9.71.